The molecule has 84 valence electrons. The van der Waals surface area contributed by atoms with E-state index in [-0.39, 0.29) is 0 Å². The minimum Gasteiger partial charge on any atom is -0.302 e. The van der Waals surface area contributed by atoms with Crippen LogP contribution in [0.3, 0.4) is 0 Å². The van der Waals surface area contributed by atoms with Gasteiger partial charge in [0.15, 0.2) is 0 Å². The minimum absolute atomic E-state index is 1.05. The van der Waals surface area contributed by atoms with E-state index in [0.29, 0.717) is 0 Å². The highest BCUT2D eigenvalue weighted by Crippen LogP contribution is 2.05. The van der Waals surface area contributed by atoms with Crippen LogP contribution >= 0.6 is 0 Å². The Labute approximate surface area is 90.2 Å². The van der Waals surface area contributed by atoms with Crippen molar-refractivity contribution in [3.05, 3.63) is 12.2 Å². The van der Waals surface area contributed by atoms with Gasteiger partial charge in [-0.1, -0.05) is 51.2 Å². The van der Waals surface area contributed by atoms with Crippen molar-refractivity contribution in [3.63, 3.8) is 0 Å². The van der Waals surface area contributed by atoms with Crippen molar-refractivity contribution in [2.24, 2.45) is 0 Å². The van der Waals surface area contributed by atoms with E-state index in [1.165, 1.54) is 50.6 Å². The van der Waals surface area contributed by atoms with Gasteiger partial charge >= 0.3 is 0 Å². The van der Waals surface area contributed by atoms with E-state index < -0.39 is 0 Å². The fourth-order valence-corrected chi connectivity index (χ4v) is 1.70. The minimum atomic E-state index is 1.05. The van der Waals surface area contributed by atoms with Gasteiger partial charge in [-0.05, 0) is 26.9 Å². The Hall–Kier alpha value is -0.300. The lowest BCUT2D eigenvalue weighted by Gasteiger charge is -2.15. The van der Waals surface area contributed by atoms with Gasteiger partial charge in [-0.3, -0.25) is 0 Å². The van der Waals surface area contributed by atoms with E-state index in [4.69, 9.17) is 0 Å². The van der Waals surface area contributed by atoms with Gasteiger partial charge < -0.3 is 4.90 Å². The lowest BCUT2D eigenvalue weighted by atomic mass is 10.1. The van der Waals surface area contributed by atoms with Crippen LogP contribution in [0.1, 0.15) is 52.4 Å². The molecule has 0 radical (unpaired) electrons. The molecule has 0 heterocycles. The fourth-order valence-electron chi connectivity index (χ4n) is 1.70. The summed E-state index contributed by atoms with van der Waals surface area (Å²) in [5.41, 5.74) is 1.26. The molecule has 0 aromatic rings. The Morgan fingerprint density at radius 3 is 2.21 bits per heavy atom. The zero-order valence-electron chi connectivity index (χ0n) is 10.3. The molecule has 0 aromatic heterocycles. The van der Waals surface area contributed by atoms with E-state index in [9.17, 15) is 0 Å². The Bertz CT molecular complexity index is 140. The van der Waals surface area contributed by atoms with E-state index in [1.54, 1.807) is 0 Å². The Kier molecular flexibility index (Phi) is 9.06. The first-order valence-corrected chi connectivity index (χ1v) is 5.99. The summed E-state index contributed by atoms with van der Waals surface area (Å²) >= 11 is 0. The van der Waals surface area contributed by atoms with Crippen LogP contribution in [0.4, 0.5) is 0 Å². The molecule has 14 heavy (non-hydrogen) atoms. The van der Waals surface area contributed by atoms with Gasteiger partial charge in [0.2, 0.25) is 0 Å². The van der Waals surface area contributed by atoms with Gasteiger partial charge in [-0.15, -0.1) is 0 Å². The summed E-state index contributed by atoms with van der Waals surface area (Å²) in [6.07, 6.45) is 8.31. The maximum Gasteiger partial charge on any atom is 0.0184 e. The highest BCUT2D eigenvalue weighted by Gasteiger charge is 1.97. The average Bonchev–Trinajstić information content (AvgIpc) is 2.10. The smallest absolute Gasteiger partial charge is 0.0184 e. The Morgan fingerprint density at radius 1 is 1.07 bits per heavy atom. The van der Waals surface area contributed by atoms with Crippen LogP contribution in [-0.4, -0.2) is 25.0 Å². The second kappa shape index (κ2) is 9.26. The third kappa shape index (κ3) is 9.79. The molecule has 0 rings (SSSR count). The average molecular weight is 197 g/mol. The summed E-state index contributed by atoms with van der Waals surface area (Å²) in [7, 11) is 2.18. The summed E-state index contributed by atoms with van der Waals surface area (Å²) in [4.78, 5) is 2.36. The first kappa shape index (κ1) is 13.7. The van der Waals surface area contributed by atoms with Gasteiger partial charge in [-0.25, -0.2) is 0 Å². The molecule has 1 nitrogen and oxygen atoms in total. The number of unbranched alkanes of at least 4 members (excludes halogenated alkanes) is 5. The zero-order valence-corrected chi connectivity index (χ0v) is 10.3. The van der Waals surface area contributed by atoms with Crippen molar-refractivity contribution in [2.75, 3.05) is 20.1 Å². The fraction of sp³-hybridized carbons (Fsp3) is 0.846. The van der Waals surface area contributed by atoms with Crippen LogP contribution in [0.25, 0.3) is 0 Å². The van der Waals surface area contributed by atoms with Crippen molar-refractivity contribution in [3.8, 4) is 0 Å². The molecule has 1 heteroatoms. The molecule has 0 aromatic carbocycles. The third-order valence-electron chi connectivity index (χ3n) is 2.43. The topological polar surface area (TPSA) is 3.24 Å². The van der Waals surface area contributed by atoms with Crippen LogP contribution in [0.15, 0.2) is 12.2 Å². The molecule has 0 N–H and O–H groups in total. The van der Waals surface area contributed by atoms with Crippen LogP contribution in [0.2, 0.25) is 0 Å². The van der Waals surface area contributed by atoms with Crippen LogP contribution < -0.4 is 0 Å². The molecule has 0 spiro atoms. The lowest BCUT2D eigenvalue weighted by Crippen LogP contribution is -2.21. The highest BCUT2D eigenvalue weighted by molar-refractivity contribution is 4.90. The number of nitrogens with zero attached hydrogens (tertiary/aromatic N) is 1. The van der Waals surface area contributed by atoms with Crippen molar-refractivity contribution in [2.45, 2.75) is 52.4 Å². The first-order valence-electron chi connectivity index (χ1n) is 5.99. The second-order valence-electron chi connectivity index (χ2n) is 4.46. The monoisotopic (exact) mass is 197 g/mol. The quantitative estimate of drug-likeness (QED) is 0.401. The SMILES string of the molecule is C=C(C)CN(C)CCCCCCCC. The predicted molar refractivity (Wildman–Crippen MR) is 65.7 cm³/mol. The van der Waals surface area contributed by atoms with E-state index in [1.807, 2.05) is 0 Å². The molecule has 0 aliphatic carbocycles. The number of rotatable bonds is 9. The van der Waals surface area contributed by atoms with Crippen LogP contribution in [0, 0.1) is 0 Å². The number of hydrogen-bond donors (Lipinski definition) is 0. The largest absolute Gasteiger partial charge is 0.302 e. The molecule has 0 saturated heterocycles. The molecular weight excluding hydrogens is 170 g/mol. The van der Waals surface area contributed by atoms with Crippen molar-refractivity contribution >= 4 is 0 Å². The maximum atomic E-state index is 3.92. The Balaban J connectivity index is 3.14. The van der Waals surface area contributed by atoms with Crippen LogP contribution in [0.5, 0.6) is 0 Å². The molecule has 0 amide bonds. The maximum absolute atomic E-state index is 3.92. The molecule has 0 unspecified atom stereocenters. The molecule has 0 aliphatic heterocycles. The van der Waals surface area contributed by atoms with Crippen molar-refractivity contribution in [1.82, 2.24) is 4.90 Å². The Morgan fingerprint density at radius 2 is 1.64 bits per heavy atom. The summed E-state index contributed by atoms with van der Waals surface area (Å²) < 4.78 is 0. The normalized spacial score (nSPS) is 10.9. The van der Waals surface area contributed by atoms with Gasteiger partial charge in [0.1, 0.15) is 0 Å². The van der Waals surface area contributed by atoms with E-state index in [2.05, 4.69) is 32.4 Å². The zero-order chi connectivity index (χ0) is 10.8. The van der Waals surface area contributed by atoms with Gasteiger partial charge in [0.25, 0.3) is 0 Å². The molecular formula is C13H27N. The lowest BCUT2D eigenvalue weighted by molar-refractivity contribution is 0.349. The van der Waals surface area contributed by atoms with Gasteiger partial charge in [0.05, 0.1) is 0 Å². The standard InChI is InChI=1S/C13H27N/c1-5-6-7-8-9-10-11-14(4)12-13(2)3/h2,5-12H2,1,3-4H3. The predicted octanol–water partition coefficient (Wildman–Crippen LogP) is 3.85. The summed E-state index contributed by atoms with van der Waals surface area (Å²) in [6.45, 7) is 10.6. The van der Waals surface area contributed by atoms with Gasteiger partial charge in [0, 0.05) is 6.54 Å². The molecule has 0 fully saturated rings. The third-order valence-corrected chi connectivity index (χ3v) is 2.43. The number of likely N-dealkylation sites (N-methyl/N-ethyl adjacent to an activating group) is 1. The second-order valence-corrected chi connectivity index (χ2v) is 4.46. The van der Waals surface area contributed by atoms with E-state index >= 15 is 0 Å². The summed E-state index contributed by atoms with van der Waals surface area (Å²) in [5.74, 6) is 0. The number of hydrogen-bond acceptors (Lipinski definition) is 1. The first-order chi connectivity index (χ1) is 6.66. The van der Waals surface area contributed by atoms with Gasteiger partial charge in [-0.2, -0.15) is 0 Å². The summed E-state index contributed by atoms with van der Waals surface area (Å²) in [5, 5.41) is 0. The summed E-state index contributed by atoms with van der Waals surface area (Å²) in [6, 6.07) is 0. The molecule has 0 atom stereocenters. The highest BCUT2D eigenvalue weighted by atomic mass is 15.1. The molecule has 0 saturated carbocycles. The van der Waals surface area contributed by atoms with Crippen molar-refractivity contribution in [1.29, 1.82) is 0 Å². The molecule has 0 aliphatic rings. The molecule has 0 bridgehead atoms. The van der Waals surface area contributed by atoms with E-state index in [0.717, 1.165) is 6.54 Å². The van der Waals surface area contributed by atoms with Crippen molar-refractivity contribution < 1.29 is 0 Å². The van der Waals surface area contributed by atoms with Crippen LogP contribution in [-0.2, 0) is 0 Å².